The standard InChI is InChI=1S/C19H27ClFN5O2.HI/c1-6-27-12(2)17-25-16(28-26-17)10-23-18(22-5)24-11-19(3,4)14-8-7-13(21)9-15(14)20;/h7-9,12H,6,10-11H2,1-5H3,(H2,22,23,24);1H. The highest BCUT2D eigenvalue weighted by Gasteiger charge is 2.24. The summed E-state index contributed by atoms with van der Waals surface area (Å²) in [5, 5.41) is 10.7. The zero-order valence-corrected chi connectivity index (χ0v) is 20.3. The fraction of sp³-hybridized carbons (Fsp3) is 0.526. The Morgan fingerprint density at radius 2 is 2.10 bits per heavy atom. The van der Waals surface area contributed by atoms with E-state index in [1.807, 2.05) is 27.7 Å². The van der Waals surface area contributed by atoms with Crippen molar-refractivity contribution in [1.82, 2.24) is 20.8 Å². The van der Waals surface area contributed by atoms with E-state index < -0.39 is 0 Å². The molecule has 0 radical (unpaired) electrons. The van der Waals surface area contributed by atoms with Gasteiger partial charge in [-0.05, 0) is 31.5 Å². The Labute approximate surface area is 192 Å². The van der Waals surface area contributed by atoms with Crippen LogP contribution in [0.15, 0.2) is 27.7 Å². The topological polar surface area (TPSA) is 84.6 Å². The molecule has 1 aromatic heterocycles. The van der Waals surface area contributed by atoms with Crippen LogP contribution in [0.4, 0.5) is 4.39 Å². The predicted octanol–water partition coefficient (Wildman–Crippen LogP) is 4.22. The average Bonchev–Trinajstić information content (AvgIpc) is 3.11. The summed E-state index contributed by atoms with van der Waals surface area (Å²) in [5.41, 5.74) is 0.512. The first-order valence-corrected chi connectivity index (χ1v) is 9.48. The van der Waals surface area contributed by atoms with Gasteiger partial charge in [-0.1, -0.05) is 36.7 Å². The van der Waals surface area contributed by atoms with Crippen molar-refractivity contribution in [2.45, 2.75) is 45.8 Å². The molecule has 2 N–H and O–H groups in total. The molecule has 0 amide bonds. The SMILES string of the molecule is CCOC(C)c1noc(CNC(=NC)NCC(C)(C)c2ccc(F)cc2Cl)n1.I. The van der Waals surface area contributed by atoms with Crippen LogP contribution in [0.3, 0.4) is 0 Å². The van der Waals surface area contributed by atoms with Crippen LogP contribution in [0.1, 0.15) is 51.1 Å². The second-order valence-corrected chi connectivity index (χ2v) is 7.34. The minimum atomic E-state index is -0.354. The molecule has 1 heterocycles. The van der Waals surface area contributed by atoms with Crippen LogP contribution in [0.25, 0.3) is 0 Å². The Bertz CT molecular complexity index is 816. The third-order valence-electron chi connectivity index (χ3n) is 4.25. The van der Waals surface area contributed by atoms with Gasteiger partial charge in [-0.25, -0.2) is 4.39 Å². The van der Waals surface area contributed by atoms with Gasteiger partial charge in [-0.15, -0.1) is 24.0 Å². The molecule has 10 heteroatoms. The molecule has 7 nitrogen and oxygen atoms in total. The average molecular weight is 540 g/mol. The molecule has 0 spiro atoms. The van der Waals surface area contributed by atoms with Gasteiger partial charge < -0.3 is 19.9 Å². The molecule has 0 saturated heterocycles. The Kier molecular flexibility index (Phi) is 10.3. The van der Waals surface area contributed by atoms with Gasteiger partial charge in [0.15, 0.2) is 11.8 Å². The molecule has 0 aliphatic carbocycles. The van der Waals surface area contributed by atoms with E-state index in [4.69, 9.17) is 20.9 Å². The molecule has 1 unspecified atom stereocenters. The Morgan fingerprint density at radius 3 is 2.72 bits per heavy atom. The number of guanidine groups is 1. The summed E-state index contributed by atoms with van der Waals surface area (Å²) in [6.45, 7) is 9.26. The van der Waals surface area contributed by atoms with Crippen molar-refractivity contribution in [3.63, 3.8) is 0 Å². The van der Waals surface area contributed by atoms with E-state index in [-0.39, 0.29) is 41.3 Å². The molecular formula is C19H28ClFIN5O2. The van der Waals surface area contributed by atoms with Crippen LogP contribution in [0.2, 0.25) is 5.02 Å². The minimum Gasteiger partial charge on any atom is -0.371 e. The fourth-order valence-electron chi connectivity index (χ4n) is 2.65. The Morgan fingerprint density at radius 1 is 1.38 bits per heavy atom. The van der Waals surface area contributed by atoms with Crippen molar-refractivity contribution >= 4 is 41.5 Å². The normalized spacial score (nSPS) is 13.0. The summed E-state index contributed by atoms with van der Waals surface area (Å²) in [6, 6.07) is 4.43. The third-order valence-corrected chi connectivity index (χ3v) is 4.57. The Hall–Kier alpha value is -1.46. The van der Waals surface area contributed by atoms with E-state index in [0.29, 0.717) is 42.4 Å². The van der Waals surface area contributed by atoms with E-state index in [0.717, 1.165) is 5.56 Å². The maximum absolute atomic E-state index is 13.3. The molecule has 0 aliphatic heterocycles. The molecule has 0 saturated carbocycles. The van der Waals surface area contributed by atoms with Crippen molar-refractivity contribution in [3.05, 3.63) is 46.3 Å². The maximum Gasteiger partial charge on any atom is 0.246 e. The number of aliphatic imine (C=N–C) groups is 1. The number of ether oxygens (including phenoxy) is 1. The number of hydrogen-bond acceptors (Lipinski definition) is 5. The number of halogens is 3. The van der Waals surface area contributed by atoms with Crippen molar-refractivity contribution in [3.8, 4) is 0 Å². The number of nitrogens with one attached hydrogen (secondary N) is 2. The second kappa shape index (κ2) is 11.7. The van der Waals surface area contributed by atoms with Gasteiger partial charge in [0.2, 0.25) is 5.89 Å². The number of benzene rings is 1. The molecule has 0 aliphatic rings. The quantitative estimate of drug-likeness (QED) is 0.297. The molecule has 2 aromatic rings. The summed E-state index contributed by atoms with van der Waals surface area (Å²) in [7, 11) is 1.67. The highest BCUT2D eigenvalue weighted by Crippen LogP contribution is 2.29. The van der Waals surface area contributed by atoms with Gasteiger partial charge in [0, 0.05) is 30.6 Å². The van der Waals surface area contributed by atoms with Crippen LogP contribution in [0, 0.1) is 5.82 Å². The first kappa shape index (κ1) is 25.6. The summed E-state index contributed by atoms with van der Waals surface area (Å²) in [5.74, 6) is 1.16. The lowest BCUT2D eigenvalue weighted by Crippen LogP contribution is -2.43. The molecular weight excluding hydrogens is 512 g/mol. The van der Waals surface area contributed by atoms with Crippen molar-refractivity contribution < 1.29 is 13.7 Å². The lowest BCUT2D eigenvalue weighted by molar-refractivity contribution is 0.0683. The second-order valence-electron chi connectivity index (χ2n) is 6.93. The van der Waals surface area contributed by atoms with Gasteiger partial charge in [-0.3, -0.25) is 4.99 Å². The number of nitrogens with zero attached hydrogens (tertiary/aromatic N) is 3. The fourth-order valence-corrected chi connectivity index (χ4v) is 3.07. The molecule has 29 heavy (non-hydrogen) atoms. The number of rotatable bonds is 8. The van der Waals surface area contributed by atoms with E-state index in [1.165, 1.54) is 12.1 Å². The van der Waals surface area contributed by atoms with Crippen molar-refractivity contribution in [2.24, 2.45) is 4.99 Å². The van der Waals surface area contributed by atoms with E-state index in [9.17, 15) is 4.39 Å². The van der Waals surface area contributed by atoms with Crippen LogP contribution < -0.4 is 10.6 Å². The lowest BCUT2D eigenvalue weighted by Gasteiger charge is -2.27. The summed E-state index contributed by atoms with van der Waals surface area (Å²) >= 11 is 6.20. The highest BCUT2D eigenvalue weighted by atomic mass is 127. The van der Waals surface area contributed by atoms with Gasteiger partial charge >= 0.3 is 0 Å². The summed E-state index contributed by atoms with van der Waals surface area (Å²) in [6.07, 6.45) is -0.221. The van der Waals surface area contributed by atoms with E-state index in [2.05, 4.69) is 25.8 Å². The number of aromatic nitrogens is 2. The zero-order valence-electron chi connectivity index (χ0n) is 17.3. The zero-order chi connectivity index (χ0) is 20.7. The maximum atomic E-state index is 13.3. The molecule has 1 aromatic carbocycles. The summed E-state index contributed by atoms with van der Waals surface area (Å²) in [4.78, 5) is 8.50. The van der Waals surface area contributed by atoms with Gasteiger partial charge in [0.1, 0.15) is 11.9 Å². The van der Waals surface area contributed by atoms with Crippen molar-refractivity contribution in [2.75, 3.05) is 20.2 Å². The van der Waals surface area contributed by atoms with E-state index in [1.54, 1.807) is 13.1 Å². The third kappa shape index (κ3) is 7.38. The molecule has 2 rings (SSSR count). The summed E-state index contributed by atoms with van der Waals surface area (Å²) < 4.78 is 24.0. The monoisotopic (exact) mass is 539 g/mol. The molecule has 0 bridgehead atoms. The highest BCUT2D eigenvalue weighted by molar-refractivity contribution is 14.0. The van der Waals surface area contributed by atoms with E-state index >= 15 is 0 Å². The first-order chi connectivity index (χ1) is 13.3. The molecule has 162 valence electrons. The van der Waals surface area contributed by atoms with Crippen LogP contribution >= 0.6 is 35.6 Å². The van der Waals surface area contributed by atoms with Gasteiger partial charge in [0.05, 0.1) is 6.54 Å². The number of hydrogen-bond donors (Lipinski definition) is 2. The largest absolute Gasteiger partial charge is 0.371 e. The van der Waals surface area contributed by atoms with Gasteiger partial charge in [-0.2, -0.15) is 4.98 Å². The first-order valence-electron chi connectivity index (χ1n) is 9.11. The van der Waals surface area contributed by atoms with Crippen molar-refractivity contribution in [1.29, 1.82) is 0 Å². The van der Waals surface area contributed by atoms with Crippen LogP contribution in [0.5, 0.6) is 0 Å². The van der Waals surface area contributed by atoms with Crippen LogP contribution in [-0.4, -0.2) is 36.3 Å². The Balaban J connectivity index is 0.00000420. The minimum absolute atomic E-state index is 0. The molecule has 0 fully saturated rings. The predicted molar refractivity (Wildman–Crippen MR) is 122 cm³/mol. The smallest absolute Gasteiger partial charge is 0.246 e. The van der Waals surface area contributed by atoms with Crippen LogP contribution in [-0.2, 0) is 16.7 Å². The van der Waals surface area contributed by atoms with Gasteiger partial charge in [0.25, 0.3) is 0 Å². The molecule has 1 atom stereocenters. The lowest BCUT2D eigenvalue weighted by atomic mass is 9.84.